The third-order valence-electron chi connectivity index (χ3n) is 3.57. The van der Waals surface area contributed by atoms with Gasteiger partial charge in [-0.1, -0.05) is 6.07 Å². The average Bonchev–Trinajstić information content (AvgIpc) is 2.43. The van der Waals surface area contributed by atoms with Crippen molar-refractivity contribution in [2.24, 2.45) is 5.73 Å². The molecule has 1 aliphatic rings. The Hall–Kier alpha value is -0.970. The molecule has 18 heavy (non-hydrogen) atoms. The van der Waals surface area contributed by atoms with Crippen LogP contribution in [0, 0.1) is 0 Å². The second-order valence-electron chi connectivity index (χ2n) is 4.70. The van der Waals surface area contributed by atoms with Gasteiger partial charge in [0.05, 0.1) is 17.8 Å². The maximum Gasteiger partial charge on any atom is 0.0644 e. The van der Waals surface area contributed by atoms with Gasteiger partial charge in [-0.3, -0.25) is 9.88 Å². The highest BCUT2D eigenvalue weighted by atomic mass is 16.5. The highest BCUT2D eigenvalue weighted by Crippen LogP contribution is 2.23. The van der Waals surface area contributed by atoms with Crippen LogP contribution in [0.4, 0.5) is 0 Å². The van der Waals surface area contributed by atoms with Crippen molar-refractivity contribution in [3.05, 3.63) is 30.1 Å². The highest BCUT2D eigenvalue weighted by Gasteiger charge is 2.25. The van der Waals surface area contributed by atoms with Crippen molar-refractivity contribution in [1.82, 2.24) is 9.88 Å². The van der Waals surface area contributed by atoms with E-state index in [1.165, 1.54) is 0 Å². The summed E-state index contributed by atoms with van der Waals surface area (Å²) in [5, 5.41) is 0. The Balaban J connectivity index is 1.95. The standard InChI is InChI=1S/C14H23N3O/c1-2-18-12-6-9-17(10-7-12)14(11-15)13-5-3-4-8-16-13/h3-5,8,12,14H,2,6-7,9-11,15H2,1H3. The van der Waals surface area contributed by atoms with Gasteiger partial charge in [0.25, 0.3) is 0 Å². The van der Waals surface area contributed by atoms with Crippen LogP contribution in [0.3, 0.4) is 0 Å². The molecule has 0 amide bonds. The van der Waals surface area contributed by atoms with Crippen molar-refractivity contribution in [2.75, 3.05) is 26.2 Å². The van der Waals surface area contributed by atoms with Gasteiger partial charge in [-0.05, 0) is 31.9 Å². The van der Waals surface area contributed by atoms with Gasteiger partial charge >= 0.3 is 0 Å². The van der Waals surface area contributed by atoms with E-state index in [0.717, 1.165) is 38.2 Å². The molecule has 1 aliphatic heterocycles. The van der Waals surface area contributed by atoms with Crippen molar-refractivity contribution in [3.63, 3.8) is 0 Å². The van der Waals surface area contributed by atoms with Crippen molar-refractivity contribution >= 4 is 0 Å². The summed E-state index contributed by atoms with van der Waals surface area (Å²) < 4.78 is 5.68. The molecule has 1 aromatic heterocycles. The van der Waals surface area contributed by atoms with Crippen LogP contribution in [-0.2, 0) is 4.74 Å². The zero-order valence-electron chi connectivity index (χ0n) is 11.1. The number of likely N-dealkylation sites (tertiary alicyclic amines) is 1. The molecule has 1 atom stereocenters. The first kappa shape index (κ1) is 13.5. The van der Waals surface area contributed by atoms with Gasteiger partial charge in [0, 0.05) is 32.4 Å². The third-order valence-corrected chi connectivity index (χ3v) is 3.57. The molecule has 0 saturated carbocycles. The minimum atomic E-state index is 0.244. The van der Waals surface area contributed by atoms with Crippen molar-refractivity contribution in [2.45, 2.75) is 31.9 Å². The topological polar surface area (TPSA) is 51.4 Å². The molecule has 0 spiro atoms. The van der Waals surface area contributed by atoms with E-state index in [-0.39, 0.29) is 6.04 Å². The Kier molecular flexibility index (Phi) is 5.11. The van der Waals surface area contributed by atoms with Crippen molar-refractivity contribution in [3.8, 4) is 0 Å². The predicted molar refractivity (Wildman–Crippen MR) is 72.3 cm³/mol. The number of rotatable bonds is 5. The molecule has 100 valence electrons. The quantitative estimate of drug-likeness (QED) is 0.861. The summed E-state index contributed by atoms with van der Waals surface area (Å²) in [7, 11) is 0. The first-order chi connectivity index (χ1) is 8.85. The number of hydrogen-bond donors (Lipinski definition) is 1. The third kappa shape index (κ3) is 3.28. The van der Waals surface area contributed by atoms with Crippen molar-refractivity contribution < 1.29 is 4.74 Å². The lowest BCUT2D eigenvalue weighted by molar-refractivity contribution is 0.00408. The molecular formula is C14H23N3O. The van der Waals surface area contributed by atoms with Crippen molar-refractivity contribution in [1.29, 1.82) is 0 Å². The highest BCUT2D eigenvalue weighted by molar-refractivity contribution is 5.09. The second-order valence-corrected chi connectivity index (χ2v) is 4.70. The largest absolute Gasteiger partial charge is 0.378 e. The minimum Gasteiger partial charge on any atom is -0.378 e. The van der Waals surface area contributed by atoms with Gasteiger partial charge < -0.3 is 10.5 Å². The first-order valence-electron chi connectivity index (χ1n) is 6.81. The molecule has 0 bridgehead atoms. The van der Waals surface area contributed by atoms with Crippen LogP contribution in [0.25, 0.3) is 0 Å². The summed E-state index contributed by atoms with van der Waals surface area (Å²) in [5.74, 6) is 0. The van der Waals surface area contributed by atoms with E-state index >= 15 is 0 Å². The minimum absolute atomic E-state index is 0.244. The Morgan fingerprint density at radius 1 is 1.44 bits per heavy atom. The predicted octanol–water partition coefficient (Wildman–Crippen LogP) is 1.58. The molecule has 0 radical (unpaired) electrons. The summed E-state index contributed by atoms with van der Waals surface area (Å²) in [4.78, 5) is 6.86. The number of aromatic nitrogens is 1. The fraction of sp³-hybridized carbons (Fsp3) is 0.643. The van der Waals surface area contributed by atoms with Crippen LogP contribution in [-0.4, -0.2) is 42.2 Å². The molecule has 2 rings (SSSR count). The number of piperidine rings is 1. The number of nitrogens with zero attached hydrogens (tertiary/aromatic N) is 2. The smallest absolute Gasteiger partial charge is 0.0644 e. The fourth-order valence-corrected chi connectivity index (χ4v) is 2.62. The molecule has 0 aromatic carbocycles. The Morgan fingerprint density at radius 2 is 2.22 bits per heavy atom. The average molecular weight is 249 g/mol. The van der Waals surface area contributed by atoms with Crippen LogP contribution in [0.15, 0.2) is 24.4 Å². The number of ether oxygens (including phenoxy) is 1. The van der Waals surface area contributed by atoms with E-state index in [1.54, 1.807) is 0 Å². The van der Waals surface area contributed by atoms with E-state index in [0.29, 0.717) is 12.6 Å². The van der Waals surface area contributed by atoms with E-state index in [1.807, 2.05) is 18.3 Å². The van der Waals surface area contributed by atoms with E-state index < -0.39 is 0 Å². The zero-order chi connectivity index (χ0) is 12.8. The molecule has 1 saturated heterocycles. The molecule has 4 nitrogen and oxygen atoms in total. The van der Waals surface area contributed by atoms with E-state index in [9.17, 15) is 0 Å². The summed E-state index contributed by atoms with van der Waals surface area (Å²) in [6.07, 6.45) is 4.45. The zero-order valence-corrected chi connectivity index (χ0v) is 11.1. The molecule has 4 heteroatoms. The van der Waals surface area contributed by atoms with Gasteiger partial charge in [-0.15, -0.1) is 0 Å². The number of hydrogen-bond acceptors (Lipinski definition) is 4. The SMILES string of the molecule is CCOC1CCN(C(CN)c2ccccn2)CC1. The molecular weight excluding hydrogens is 226 g/mol. The summed E-state index contributed by atoms with van der Waals surface area (Å²) >= 11 is 0. The lowest BCUT2D eigenvalue weighted by atomic mass is 10.0. The lowest BCUT2D eigenvalue weighted by Crippen LogP contribution is -2.42. The monoisotopic (exact) mass is 249 g/mol. The Morgan fingerprint density at radius 3 is 2.78 bits per heavy atom. The maximum absolute atomic E-state index is 5.92. The Labute approximate surface area is 109 Å². The van der Waals surface area contributed by atoms with Gasteiger partial charge in [-0.25, -0.2) is 0 Å². The second kappa shape index (κ2) is 6.83. The van der Waals surface area contributed by atoms with Gasteiger partial charge in [0.15, 0.2) is 0 Å². The summed E-state index contributed by atoms with van der Waals surface area (Å²) in [5.41, 5.74) is 6.99. The summed E-state index contributed by atoms with van der Waals surface area (Å²) in [6.45, 7) is 5.58. The molecule has 2 heterocycles. The fourth-order valence-electron chi connectivity index (χ4n) is 2.62. The van der Waals surface area contributed by atoms with Crippen LogP contribution in [0.1, 0.15) is 31.5 Å². The molecule has 1 aromatic rings. The molecule has 0 aliphatic carbocycles. The van der Waals surface area contributed by atoms with Crippen LogP contribution < -0.4 is 5.73 Å². The maximum atomic E-state index is 5.92. The summed E-state index contributed by atoms with van der Waals surface area (Å²) in [6, 6.07) is 6.27. The van der Waals surface area contributed by atoms with Crippen LogP contribution in [0.2, 0.25) is 0 Å². The molecule has 1 unspecified atom stereocenters. The van der Waals surface area contributed by atoms with Gasteiger partial charge in [-0.2, -0.15) is 0 Å². The van der Waals surface area contributed by atoms with E-state index in [2.05, 4.69) is 22.9 Å². The van der Waals surface area contributed by atoms with Gasteiger partial charge in [0.2, 0.25) is 0 Å². The van der Waals surface area contributed by atoms with Crippen LogP contribution >= 0.6 is 0 Å². The Bertz CT molecular complexity index is 336. The number of pyridine rings is 1. The van der Waals surface area contributed by atoms with Gasteiger partial charge in [0.1, 0.15) is 0 Å². The molecule has 2 N–H and O–H groups in total. The van der Waals surface area contributed by atoms with Crippen LogP contribution in [0.5, 0.6) is 0 Å². The van der Waals surface area contributed by atoms with E-state index in [4.69, 9.17) is 10.5 Å². The normalized spacial score (nSPS) is 19.9. The lowest BCUT2D eigenvalue weighted by Gasteiger charge is -2.36. The first-order valence-corrected chi connectivity index (χ1v) is 6.81. The number of nitrogens with two attached hydrogens (primary N) is 1. The molecule has 1 fully saturated rings.